The summed E-state index contributed by atoms with van der Waals surface area (Å²) in [5.41, 5.74) is 0. The van der Waals surface area contributed by atoms with E-state index in [1.165, 1.54) is 0 Å². The number of imide groups is 1. The van der Waals surface area contributed by atoms with Crippen molar-refractivity contribution in [2.24, 2.45) is 0 Å². The Kier molecular flexibility index (Phi) is 3.51. The SMILES string of the molecule is CCCO[P+](=O)N1C(=O)CCC1=O. The van der Waals surface area contributed by atoms with Crippen molar-refractivity contribution in [3.8, 4) is 0 Å². The molecule has 1 rings (SSSR count). The van der Waals surface area contributed by atoms with Crippen LogP contribution in [0.3, 0.4) is 0 Å². The number of hydrogen-bond donors (Lipinski definition) is 0. The third-order valence-electron chi connectivity index (χ3n) is 1.59. The van der Waals surface area contributed by atoms with Gasteiger partial charge in [0.15, 0.2) is 0 Å². The topological polar surface area (TPSA) is 63.7 Å². The molecule has 1 unspecified atom stereocenters. The monoisotopic (exact) mass is 204 g/mol. The molecule has 1 atom stereocenters. The third kappa shape index (κ3) is 2.32. The van der Waals surface area contributed by atoms with Crippen LogP contribution in [0.2, 0.25) is 0 Å². The van der Waals surface area contributed by atoms with Gasteiger partial charge in [0.2, 0.25) is 0 Å². The third-order valence-corrected chi connectivity index (χ3v) is 2.77. The van der Waals surface area contributed by atoms with E-state index in [4.69, 9.17) is 4.52 Å². The average Bonchev–Trinajstić information content (AvgIpc) is 2.42. The van der Waals surface area contributed by atoms with Crippen LogP contribution < -0.4 is 0 Å². The number of nitrogens with zero attached hydrogens (tertiary/aromatic N) is 1. The van der Waals surface area contributed by atoms with Crippen molar-refractivity contribution in [2.75, 3.05) is 6.61 Å². The zero-order valence-electron chi connectivity index (χ0n) is 7.36. The summed E-state index contributed by atoms with van der Waals surface area (Å²) >= 11 is 0. The van der Waals surface area contributed by atoms with E-state index < -0.39 is 20.0 Å². The van der Waals surface area contributed by atoms with Gasteiger partial charge in [-0.15, -0.1) is 4.52 Å². The zero-order valence-corrected chi connectivity index (χ0v) is 8.25. The molecule has 0 aromatic rings. The fourth-order valence-electron chi connectivity index (χ4n) is 0.974. The highest BCUT2D eigenvalue weighted by atomic mass is 31.1. The van der Waals surface area contributed by atoms with Gasteiger partial charge in [0.25, 0.3) is 11.8 Å². The van der Waals surface area contributed by atoms with Gasteiger partial charge >= 0.3 is 8.18 Å². The van der Waals surface area contributed by atoms with Gasteiger partial charge in [-0.25, -0.2) is 0 Å². The Morgan fingerprint density at radius 1 is 1.38 bits per heavy atom. The van der Waals surface area contributed by atoms with Crippen molar-refractivity contribution in [1.82, 2.24) is 4.67 Å². The molecule has 0 spiro atoms. The zero-order chi connectivity index (χ0) is 9.84. The maximum Gasteiger partial charge on any atom is 0.656 e. The van der Waals surface area contributed by atoms with Crippen LogP contribution in [0, 0.1) is 0 Å². The quantitative estimate of drug-likeness (QED) is 0.510. The molecule has 0 radical (unpaired) electrons. The number of amides is 2. The van der Waals surface area contributed by atoms with Crippen molar-refractivity contribution in [2.45, 2.75) is 26.2 Å². The average molecular weight is 204 g/mol. The Balaban J connectivity index is 2.54. The molecule has 0 aromatic heterocycles. The van der Waals surface area contributed by atoms with E-state index in [0.717, 1.165) is 4.67 Å². The number of carbonyl (C=O) groups excluding carboxylic acids is 2. The van der Waals surface area contributed by atoms with Gasteiger partial charge in [0.1, 0.15) is 6.61 Å². The number of rotatable bonds is 4. The highest BCUT2D eigenvalue weighted by molar-refractivity contribution is 7.38. The molecule has 0 N–H and O–H groups in total. The molecular formula is C7H11NO4P+. The number of hydrogen-bond acceptors (Lipinski definition) is 4. The van der Waals surface area contributed by atoms with Gasteiger partial charge in [-0.3, -0.25) is 9.59 Å². The Bertz CT molecular complexity index is 237. The Hall–Kier alpha value is -0.800. The molecule has 6 heteroatoms. The standard InChI is InChI=1S/C7H11NO4P/c1-2-5-12-13(11)8-6(9)3-4-7(8)10/h2-5H2,1H3/q+1. The maximum atomic E-state index is 11.2. The van der Waals surface area contributed by atoms with E-state index in [9.17, 15) is 14.2 Å². The molecule has 1 fully saturated rings. The summed E-state index contributed by atoms with van der Waals surface area (Å²) in [6.45, 7) is 2.16. The van der Waals surface area contributed by atoms with Gasteiger partial charge in [-0.1, -0.05) is 6.92 Å². The highest BCUT2D eigenvalue weighted by Gasteiger charge is 2.45. The lowest BCUT2D eigenvalue weighted by molar-refractivity contribution is -0.132. The molecule has 0 saturated carbocycles. The molecule has 0 aliphatic carbocycles. The number of carbonyl (C=O) groups is 2. The lowest BCUT2D eigenvalue weighted by Crippen LogP contribution is -2.21. The fraction of sp³-hybridized carbons (Fsp3) is 0.714. The van der Waals surface area contributed by atoms with Crippen LogP contribution >= 0.6 is 8.18 Å². The van der Waals surface area contributed by atoms with Crippen LogP contribution in [-0.4, -0.2) is 23.1 Å². The lowest BCUT2D eigenvalue weighted by Gasteiger charge is -1.96. The van der Waals surface area contributed by atoms with Crippen LogP contribution in [0.5, 0.6) is 0 Å². The first-order valence-electron chi connectivity index (χ1n) is 4.12. The summed E-state index contributed by atoms with van der Waals surface area (Å²) in [6.07, 6.45) is 1.00. The molecule has 0 bridgehead atoms. The minimum atomic E-state index is -2.28. The van der Waals surface area contributed by atoms with Crippen molar-refractivity contribution in [3.63, 3.8) is 0 Å². The lowest BCUT2D eigenvalue weighted by atomic mass is 10.4. The molecule has 13 heavy (non-hydrogen) atoms. The predicted molar refractivity (Wildman–Crippen MR) is 44.9 cm³/mol. The first-order chi connectivity index (χ1) is 6.16. The first-order valence-corrected chi connectivity index (χ1v) is 5.25. The van der Waals surface area contributed by atoms with E-state index >= 15 is 0 Å². The van der Waals surface area contributed by atoms with E-state index in [-0.39, 0.29) is 12.8 Å². The highest BCUT2D eigenvalue weighted by Crippen LogP contribution is 2.33. The molecule has 1 heterocycles. The van der Waals surface area contributed by atoms with Crippen LogP contribution in [-0.2, 0) is 18.7 Å². The van der Waals surface area contributed by atoms with Gasteiger partial charge < -0.3 is 0 Å². The minimum Gasteiger partial charge on any atom is -0.270 e. The fourth-order valence-corrected chi connectivity index (χ4v) is 1.99. The van der Waals surface area contributed by atoms with E-state index in [2.05, 4.69) is 0 Å². The van der Waals surface area contributed by atoms with Crippen LogP contribution in [0.15, 0.2) is 0 Å². The predicted octanol–water partition coefficient (Wildman–Crippen LogP) is 1.22. The summed E-state index contributed by atoms with van der Waals surface area (Å²) in [5.74, 6) is -0.801. The first kappa shape index (κ1) is 10.3. The van der Waals surface area contributed by atoms with Gasteiger partial charge in [0.05, 0.1) is 0 Å². The second kappa shape index (κ2) is 4.44. The smallest absolute Gasteiger partial charge is 0.270 e. The molecule has 1 aliphatic rings. The van der Waals surface area contributed by atoms with Crippen LogP contribution in [0.1, 0.15) is 26.2 Å². The molecule has 1 saturated heterocycles. The van der Waals surface area contributed by atoms with E-state index in [1.54, 1.807) is 0 Å². The molecule has 72 valence electrons. The molecule has 5 nitrogen and oxygen atoms in total. The van der Waals surface area contributed by atoms with E-state index in [1.807, 2.05) is 6.92 Å². The normalized spacial score (nSPS) is 18.2. The van der Waals surface area contributed by atoms with Crippen molar-refractivity contribution in [3.05, 3.63) is 0 Å². The van der Waals surface area contributed by atoms with Gasteiger partial charge in [0, 0.05) is 12.8 Å². The van der Waals surface area contributed by atoms with Crippen LogP contribution in [0.4, 0.5) is 0 Å². The van der Waals surface area contributed by atoms with Gasteiger partial charge in [-0.2, -0.15) is 0 Å². The second-order valence-corrected chi connectivity index (χ2v) is 3.80. The summed E-state index contributed by atoms with van der Waals surface area (Å²) in [5, 5.41) is 0. The van der Waals surface area contributed by atoms with E-state index in [0.29, 0.717) is 13.0 Å². The maximum absolute atomic E-state index is 11.2. The summed E-state index contributed by atoms with van der Waals surface area (Å²) in [4.78, 5) is 22.1. The Labute approximate surface area is 77.0 Å². The Morgan fingerprint density at radius 2 is 1.92 bits per heavy atom. The van der Waals surface area contributed by atoms with Crippen LogP contribution in [0.25, 0.3) is 0 Å². The Morgan fingerprint density at radius 3 is 2.38 bits per heavy atom. The molecule has 2 amide bonds. The second-order valence-electron chi connectivity index (χ2n) is 2.67. The summed E-state index contributed by atoms with van der Waals surface area (Å²) < 4.78 is 16.8. The van der Waals surface area contributed by atoms with Crippen molar-refractivity contribution >= 4 is 20.0 Å². The molecular weight excluding hydrogens is 193 g/mol. The molecule has 1 aliphatic heterocycles. The summed E-state index contributed by atoms with van der Waals surface area (Å²) in [6, 6.07) is 0. The van der Waals surface area contributed by atoms with Crippen molar-refractivity contribution < 1.29 is 18.7 Å². The minimum absolute atomic E-state index is 0.148. The largest absolute Gasteiger partial charge is 0.656 e. The van der Waals surface area contributed by atoms with Gasteiger partial charge in [-0.05, 0) is 15.7 Å². The summed E-state index contributed by atoms with van der Waals surface area (Å²) in [7, 11) is -2.28. The van der Waals surface area contributed by atoms with Crippen molar-refractivity contribution in [1.29, 1.82) is 0 Å². The molecule has 0 aromatic carbocycles.